The van der Waals surface area contributed by atoms with Gasteiger partial charge in [-0.25, -0.2) is 9.59 Å². The van der Waals surface area contributed by atoms with Gasteiger partial charge in [-0.15, -0.1) is 0 Å². The van der Waals surface area contributed by atoms with Gasteiger partial charge in [0.1, 0.15) is 0 Å². The molecule has 1 rings (SSSR count). The van der Waals surface area contributed by atoms with Crippen LogP contribution in [-0.4, -0.2) is 37.1 Å². The molecule has 1 aromatic rings. The largest absolute Gasteiger partial charge is 0.464 e. The Labute approximate surface area is 135 Å². The normalized spacial score (nSPS) is 10.5. The van der Waals surface area contributed by atoms with E-state index in [1.165, 1.54) is 0 Å². The first-order valence-electron chi connectivity index (χ1n) is 7.30. The van der Waals surface area contributed by atoms with Crippen LogP contribution in [0.4, 0.5) is 0 Å². The monoisotopic (exact) mass is 319 g/mol. The topological polar surface area (TPSA) is 81.7 Å². The van der Waals surface area contributed by atoms with Gasteiger partial charge in [0.05, 0.1) is 13.2 Å². The molecule has 124 valence electrons. The second-order valence-corrected chi connectivity index (χ2v) is 4.75. The molecule has 1 N–H and O–H groups in total. The van der Waals surface area contributed by atoms with Crippen LogP contribution in [0.1, 0.15) is 25.8 Å². The first-order chi connectivity index (χ1) is 11.0. The summed E-state index contributed by atoms with van der Waals surface area (Å²) in [4.78, 5) is 35.7. The maximum absolute atomic E-state index is 12.4. The molecule has 0 spiro atoms. The molecular formula is C17H21NO5. The summed E-state index contributed by atoms with van der Waals surface area (Å²) in [7, 11) is 0. The number of ether oxygens (including phenoxy) is 2. The lowest BCUT2D eigenvalue weighted by Crippen LogP contribution is -2.59. The van der Waals surface area contributed by atoms with E-state index in [0.717, 1.165) is 5.56 Å². The third kappa shape index (κ3) is 4.42. The van der Waals surface area contributed by atoms with Crippen molar-refractivity contribution in [1.29, 1.82) is 0 Å². The average molecular weight is 319 g/mol. The minimum atomic E-state index is -1.94. The van der Waals surface area contributed by atoms with Gasteiger partial charge in [0.25, 0.3) is 0 Å². The first-order valence-corrected chi connectivity index (χ1v) is 7.30. The number of esters is 2. The summed E-state index contributed by atoms with van der Waals surface area (Å²) in [6.07, 6.45) is 0.138. The minimum absolute atomic E-state index is 0.0678. The van der Waals surface area contributed by atoms with E-state index < -0.39 is 17.5 Å². The maximum atomic E-state index is 12.4. The number of hydrogen-bond acceptors (Lipinski definition) is 5. The van der Waals surface area contributed by atoms with Gasteiger partial charge < -0.3 is 14.8 Å². The van der Waals surface area contributed by atoms with E-state index in [2.05, 4.69) is 11.9 Å². The zero-order valence-corrected chi connectivity index (χ0v) is 13.3. The van der Waals surface area contributed by atoms with Crippen molar-refractivity contribution in [2.45, 2.75) is 25.8 Å². The fraction of sp³-hybridized carbons (Fsp3) is 0.353. The molecule has 0 heterocycles. The summed E-state index contributed by atoms with van der Waals surface area (Å²) in [5.41, 5.74) is -0.694. The number of hydrogen-bond donors (Lipinski definition) is 1. The van der Waals surface area contributed by atoms with Crippen LogP contribution >= 0.6 is 0 Å². The highest BCUT2D eigenvalue weighted by Gasteiger charge is 2.49. The van der Waals surface area contributed by atoms with Crippen LogP contribution in [0.15, 0.2) is 36.9 Å². The van der Waals surface area contributed by atoms with E-state index in [1.807, 2.05) is 18.2 Å². The molecule has 1 aromatic carbocycles. The molecule has 0 radical (unpaired) electrons. The molecule has 0 bridgehead atoms. The van der Waals surface area contributed by atoms with Gasteiger partial charge in [0.15, 0.2) is 0 Å². The quantitative estimate of drug-likeness (QED) is 0.426. The lowest BCUT2D eigenvalue weighted by atomic mass is 9.88. The van der Waals surface area contributed by atoms with Crippen LogP contribution in [0.2, 0.25) is 0 Å². The zero-order chi connectivity index (χ0) is 17.3. The molecule has 0 atom stereocenters. The zero-order valence-electron chi connectivity index (χ0n) is 13.3. The first kappa shape index (κ1) is 18.4. The van der Waals surface area contributed by atoms with Gasteiger partial charge >= 0.3 is 11.9 Å². The summed E-state index contributed by atoms with van der Waals surface area (Å²) in [6, 6.07) is 9.05. The minimum Gasteiger partial charge on any atom is -0.464 e. The van der Waals surface area contributed by atoms with Crippen molar-refractivity contribution in [1.82, 2.24) is 5.32 Å². The van der Waals surface area contributed by atoms with Crippen molar-refractivity contribution in [2.75, 3.05) is 13.2 Å². The van der Waals surface area contributed by atoms with Crippen molar-refractivity contribution in [3.63, 3.8) is 0 Å². The number of nitrogens with one attached hydrogen (secondary N) is 1. The molecule has 23 heavy (non-hydrogen) atoms. The van der Waals surface area contributed by atoms with Gasteiger partial charge in [-0.05, 0) is 25.0 Å². The lowest BCUT2D eigenvalue weighted by molar-refractivity contribution is -0.166. The van der Waals surface area contributed by atoms with Crippen molar-refractivity contribution in [3.05, 3.63) is 42.5 Å². The standard InChI is InChI=1S/C17H21NO5/c1-4-22-15(20)17(18-12-19,16(21)23-5-2)11-13(3)14-9-7-6-8-10-14/h6-10,12H,3-5,11H2,1-2H3,(H,18,19). The molecule has 0 fully saturated rings. The molecule has 0 aliphatic heterocycles. The molecule has 1 amide bonds. The Balaban J connectivity index is 3.19. The second-order valence-electron chi connectivity index (χ2n) is 4.75. The Morgan fingerprint density at radius 2 is 1.65 bits per heavy atom. The summed E-state index contributed by atoms with van der Waals surface area (Å²) in [5, 5.41) is 2.28. The maximum Gasteiger partial charge on any atom is 0.344 e. The van der Waals surface area contributed by atoms with E-state index >= 15 is 0 Å². The molecule has 0 aromatic heterocycles. The van der Waals surface area contributed by atoms with E-state index in [9.17, 15) is 14.4 Å². The molecule has 6 nitrogen and oxygen atoms in total. The predicted octanol–water partition coefficient (Wildman–Crippen LogP) is 1.70. The van der Waals surface area contributed by atoms with Gasteiger partial charge in [-0.2, -0.15) is 0 Å². The third-order valence-corrected chi connectivity index (χ3v) is 3.21. The summed E-state index contributed by atoms with van der Waals surface area (Å²) < 4.78 is 9.92. The summed E-state index contributed by atoms with van der Waals surface area (Å²) in [5.74, 6) is -1.75. The van der Waals surface area contributed by atoms with Crippen LogP contribution in [0.3, 0.4) is 0 Å². The number of rotatable bonds is 9. The van der Waals surface area contributed by atoms with Crippen molar-refractivity contribution >= 4 is 23.9 Å². The molecule has 0 aliphatic carbocycles. The van der Waals surface area contributed by atoms with Crippen molar-refractivity contribution in [3.8, 4) is 0 Å². The van der Waals surface area contributed by atoms with Gasteiger partial charge in [0, 0.05) is 6.42 Å². The molecule has 0 unspecified atom stereocenters. The molecule has 6 heteroatoms. The fourth-order valence-electron chi connectivity index (χ4n) is 2.10. The van der Waals surface area contributed by atoms with Crippen LogP contribution < -0.4 is 5.32 Å². The summed E-state index contributed by atoms with van der Waals surface area (Å²) in [6.45, 7) is 7.26. The fourth-order valence-corrected chi connectivity index (χ4v) is 2.10. The van der Waals surface area contributed by atoms with Crippen LogP contribution in [0.5, 0.6) is 0 Å². The van der Waals surface area contributed by atoms with Gasteiger partial charge in [0.2, 0.25) is 11.9 Å². The Bertz CT molecular complexity index is 550. The van der Waals surface area contributed by atoms with Crippen molar-refractivity contribution < 1.29 is 23.9 Å². The molecule has 0 saturated heterocycles. The Morgan fingerprint density at radius 1 is 1.13 bits per heavy atom. The van der Waals surface area contributed by atoms with Crippen molar-refractivity contribution in [2.24, 2.45) is 0 Å². The van der Waals surface area contributed by atoms with Crippen LogP contribution in [0, 0.1) is 0 Å². The Kier molecular flexibility index (Phi) is 6.99. The third-order valence-electron chi connectivity index (χ3n) is 3.21. The highest BCUT2D eigenvalue weighted by molar-refractivity contribution is 6.08. The SMILES string of the molecule is C=C(CC(NC=O)(C(=O)OCC)C(=O)OCC)c1ccccc1. The highest BCUT2D eigenvalue weighted by atomic mass is 16.6. The lowest BCUT2D eigenvalue weighted by Gasteiger charge is -2.29. The Hall–Kier alpha value is -2.63. The van der Waals surface area contributed by atoms with Gasteiger partial charge in [-0.3, -0.25) is 4.79 Å². The molecule has 0 aliphatic rings. The molecular weight excluding hydrogens is 298 g/mol. The number of amides is 1. The Morgan fingerprint density at radius 3 is 2.09 bits per heavy atom. The second kappa shape index (κ2) is 8.73. The highest BCUT2D eigenvalue weighted by Crippen LogP contribution is 2.26. The predicted molar refractivity (Wildman–Crippen MR) is 85.3 cm³/mol. The molecule has 0 saturated carbocycles. The van der Waals surface area contributed by atoms with Crippen LogP contribution in [0.25, 0.3) is 5.57 Å². The van der Waals surface area contributed by atoms with E-state index in [-0.39, 0.29) is 26.0 Å². The number of carbonyl (C=O) groups is 3. The smallest absolute Gasteiger partial charge is 0.344 e. The van der Waals surface area contributed by atoms with E-state index in [4.69, 9.17) is 9.47 Å². The van der Waals surface area contributed by atoms with E-state index in [1.54, 1.807) is 26.0 Å². The van der Waals surface area contributed by atoms with E-state index in [0.29, 0.717) is 5.57 Å². The number of benzene rings is 1. The summed E-state index contributed by atoms with van der Waals surface area (Å²) >= 11 is 0. The van der Waals surface area contributed by atoms with Crippen LogP contribution in [-0.2, 0) is 23.9 Å². The van der Waals surface area contributed by atoms with Gasteiger partial charge in [-0.1, -0.05) is 36.9 Å². The average Bonchev–Trinajstić information content (AvgIpc) is 2.55. The number of carbonyl (C=O) groups excluding carboxylic acids is 3.